The predicted molar refractivity (Wildman–Crippen MR) is 81.2 cm³/mol. The quantitative estimate of drug-likeness (QED) is 0.888. The zero-order chi connectivity index (χ0) is 15.6. The summed E-state index contributed by atoms with van der Waals surface area (Å²) in [5.74, 6) is -0.430. The van der Waals surface area contributed by atoms with Crippen LogP contribution < -0.4 is 10.6 Å². The topological polar surface area (TPSA) is 50.4 Å². The van der Waals surface area contributed by atoms with Crippen LogP contribution in [0.5, 0.6) is 0 Å². The van der Waals surface area contributed by atoms with E-state index in [4.69, 9.17) is 16.3 Å². The Morgan fingerprint density at radius 1 is 1.33 bits per heavy atom. The van der Waals surface area contributed by atoms with Gasteiger partial charge < -0.3 is 15.4 Å². The maximum atomic E-state index is 13.1. The van der Waals surface area contributed by atoms with Gasteiger partial charge in [-0.3, -0.25) is 0 Å². The molecule has 1 fully saturated rings. The second-order valence-electron chi connectivity index (χ2n) is 6.28. The summed E-state index contributed by atoms with van der Waals surface area (Å²) in [6.45, 7) is 5.49. The third-order valence-corrected chi connectivity index (χ3v) is 3.44. The van der Waals surface area contributed by atoms with Crippen LogP contribution in [0.4, 0.5) is 14.9 Å². The second-order valence-corrected chi connectivity index (χ2v) is 6.69. The molecule has 0 heterocycles. The van der Waals surface area contributed by atoms with Crippen molar-refractivity contribution in [2.75, 3.05) is 5.32 Å². The first-order valence-corrected chi connectivity index (χ1v) is 7.32. The highest BCUT2D eigenvalue weighted by Gasteiger charge is 2.31. The van der Waals surface area contributed by atoms with Crippen molar-refractivity contribution in [1.29, 1.82) is 0 Å². The Morgan fingerprint density at radius 2 is 2.00 bits per heavy atom. The van der Waals surface area contributed by atoms with E-state index in [0.717, 1.165) is 18.5 Å². The molecule has 0 aliphatic heterocycles. The van der Waals surface area contributed by atoms with E-state index in [1.807, 2.05) is 20.8 Å². The average Bonchev–Trinajstić information content (AvgIpc) is 2.28. The molecular formula is C15H20ClFN2O2. The molecule has 1 amide bonds. The molecule has 2 N–H and O–H groups in total. The highest BCUT2D eigenvalue weighted by Crippen LogP contribution is 2.26. The lowest BCUT2D eigenvalue weighted by Crippen LogP contribution is -2.50. The number of carbonyl (C=O) groups is 1. The molecule has 6 heteroatoms. The van der Waals surface area contributed by atoms with E-state index in [-0.39, 0.29) is 17.1 Å². The van der Waals surface area contributed by atoms with Crippen molar-refractivity contribution in [3.05, 3.63) is 29.0 Å². The Balaban J connectivity index is 1.74. The summed E-state index contributed by atoms with van der Waals surface area (Å²) >= 11 is 5.73. The summed E-state index contributed by atoms with van der Waals surface area (Å²) in [6.07, 6.45) is 1.21. The van der Waals surface area contributed by atoms with Gasteiger partial charge in [-0.15, -0.1) is 0 Å². The number of nitrogens with one attached hydrogen (secondary N) is 2. The average molecular weight is 315 g/mol. The number of ether oxygens (including phenoxy) is 1. The van der Waals surface area contributed by atoms with Gasteiger partial charge >= 0.3 is 6.09 Å². The SMILES string of the molecule is CC(C)(C)OC(=O)NC1CC(Nc2ccc(F)c(Cl)c2)C1. The standard InChI is InChI=1S/C15H20ClFN2O2/c1-15(2,3)21-14(20)19-11-6-10(7-11)18-9-4-5-13(17)12(16)8-9/h4-5,8,10-11,18H,6-7H2,1-3H3,(H,19,20). The summed E-state index contributed by atoms with van der Waals surface area (Å²) in [7, 11) is 0. The van der Waals surface area contributed by atoms with Crippen LogP contribution in [0.15, 0.2) is 18.2 Å². The van der Waals surface area contributed by atoms with Crippen LogP contribution in [-0.4, -0.2) is 23.8 Å². The number of benzene rings is 1. The number of rotatable bonds is 3. The lowest BCUT2D eigenvalue weighted by atomic mass is 9.86. The van der Waals surface area contributed by atoms with E-state index in [1.54, 1.807) is 12.1 Å². The van der Waals surface area contributed by atoms with E-state index in [9.17, 15) is 9.18 Å². The van der Waals surface area contributed by atoms with E-state index < -0.39 is 17.5 Å². The van der Waals surface area contributed by atoms with Crippen molar-refractivity contribution in [3.63, 3.8) is 0 Å². The summed E-state index contributed by atoms with van der Waals surface area (Å²) in [5, 5.41) is 6.18. The number of anilines is 1. The number of amides is 1. The fourth-order valence-corrected chi connectivity index (χ4v) is 2.33. The third-order valence-electron chi connectivity index (χ3n) is 3.15. The first-order chi connectivity index (χ1) is 9.73. The van der Waals surface area contributed by atoms with Gasteiger partial charge in [-0.2, -0.15) is 0 Å². The summed E-state index contributed by atoms with van der Waals surface area (Å²) < 4.78 is 18.2. The maximum Gasteiger partial charge on any atom is 0.407 e. The zero-order valence-electron chi connectivity index (χ0n) is 12.4. The van der Waals surface area contributed by atoms with Gasteiger partial charge in [0.1, 0.15) is 11.4 Å². The smallest absolute Gasteiger partial charge is 0.407 e. The van der Waals surface area contributed by atoms with E-state index in [2.05, 4.69) is 10.6 Å². The number of alkyl carbamates (subject to hydrolysis) is 1. The fourth-order valence-electron chi connectivity index (χ4n) is 2.15. The van der Waals surface area contributed by atoms with Crippen LogP contribution in [-0.2, 0) is 4.74 Å². The summed E-state index contributed by atoms with van der Waals surface area (Å²) in [4.78, 5) is 11.6. The van der Waals surface area contributed by atoms with Crippen molar-refractivity contribution in [3.8, 4) is 0 Å². The van der Waals surface area contributed by atoms with E-state index in [0.29, 0.717) is 0 Å². The van der Waals surface area contributed by atoms with Crippen LogP contribution in [0, 0.1) is 5.82 Å². The molecular weight excluding hydrogens is 295 g/mol. The van der Waals surface area contributed by atoms with Gasteiger partial charge in [0.15, 0.2) is 0 Å². The van der Waals surface area contributed by atoms with Gasteiger partial charge in [-0.25, -0.2) is 9.18 Å². The lowest BCUT2D eigenvalue weighted by Gasteiger charge is -2.37. The van der Waals surface area contributed by atoms with Crippen LogP contribution in [0.1, 0.15) is 33.6 Å². The molecule has 1 saturated carbocycles. The molecule has 0 spiro atoms. The fraction of sp³-hybridized carbons (Fsp3) is 0.533. The molecule has 21 heavy (non-hydrogen) atoms. The Labute approximate surface area is 129 Å². The van der Waals surface area contributed by atoms with E-state index >= 15 is 0 Å². The predicted octanol–water partition coefficient (Wildman–Crippen LogP) is 3.95. The zero-order valence-corrected chi connectivity index (χ0v) is 13.1. The van der Waals surface area contributed by atoms with Crippen LogP contribution >= 0.6 is 11.6 Å². The first kappa shape index (κ1) is 15.9. The molecule has 0 saturated heterocycles. The molecule has 0 atom stereocenters. The number of hydrogen-bond donors (Lipinski definition) is 2. The molecule has 0 unspecified atom stereocenters. The minimum atomic E-state index is -0.490. The van der Waals surface area contributed by atoms with Gasteiger partial charge in [0.25, 0.3) is 0 Å². The minimum Gasteiger partial charge on any atom is -0.444 e. The monoisotopic (exact) mass is 314 g/mol. The Hall–Kier alpha value is -1.49. The molecule has 4 nitrogen and oxygen atoms in total. The van der Waals surface area contributed by atoms with Crippen LogP contribution in [0.3, 0.4) is 0 Å². The highest BCUT2D eigenvalue weighted by molar-refractivity contribution is 6.31. The van der Waals surface area contributed by atoms with Gasteiger partial charge in [-0.05, 0) is 51.8 Å². The Bertz CT molecular complexity index is 525. The number of hydrogen-bond acceptors (Lipinski definition) is 3. The molecule has 2 rings (SSSR count). The van der Waals surface area contributed by atoms with Crippen molar-refractivity contribution in [2.24, 2.45) is 0 Å². The van der Waals surface area contributed by atoms with Gasteiger partial charge in [0.05, 0.1) is 5.02 Å². The molecule has 0 bridgehead atoms. The highest BCUT2D eigenvalue weighted by atomic mass is 35.5. The van der Waals surface area contributed by atoms with Gasteiger partial charge in [0, 0.05) is 17.8 Å². The second kappa shape index (κ2) is 6.10. The van der Waals surface area contributed by atoms with Crippen LogP contribution in [0.2, 0.25) is 5.02 Å². The third kappa shape index (κ3) is 4.77. The molecule has 1 aromatic rings. The molecule has 116 valence electrons. The van der Waals surface area contributed by atoms with Gasteiger partial charge in [0.2, 0.25) is 0 Å². The Morgan fingerprint density at radius 3 is 2.57 bits per heavy atom. The molecule has 1 aromatic carbocycles. The summed E-state index contributed by atoms with van der Waals surface area (Å²) in [6, 6.07) is 4.89. The van der Waals surface area contributed by atoms with Crippen molar-refractivity contribution in [1.82, 2.24) is 5.32 Å². The molecule has 0 aromatic heterocycles. The molecule has 1 aliphatic carbocycles. The van der Waals surface area contributed by atoms with E-state index in [1.165, 1.54) is 6.07 Å². The lowest BCUT2D eigenvalue weighted by molar-refractivity contribution is 0.0475. The van der Waals surface area contributed by atoms with Crippen LogP contribution in [0.25, 0.3) is 0 Å². The minimum absolute atomic E-state index is 0.0998. The Kier molecular flexibility index (Phi) is 4.61. The maximum absolute atomic E-state index is 13.1. The number of halogens is 2. The molecule has 0 radical (unpaired) electrons. The van der Waals surface area contributed by atoms with Crippen molar-refractivity contribution < 1.29 is 13.9 Å². The summed E-state index contributed by atoms with van der Waals surface area (Å²) in [5.41, 5.74) is 0.290. The normalized spacial score (nSPS) is 21.4. The van der Waals surface area contributed by atoms with Crippen molar-refractivity contribution >= 4 is 23.4 Å². The molecule has 1 aliphatic rings. The number of carbonyl (C=O) groups excluding carboxylic acids is 1. The van der Waals surface area contributed by atoms with Crippen molar-refractivity contribution in [2.45, 2.75) is 51.3 Å². The first-order valence-electron chi connectivity index (χ1n) is 6.94. The van der Waals surface area contributed by atoms with Gasteiger partial charge in [-0.1, -0.05) is 11.6 Å². The largest absolute Gasteiger partial charge is 0.444 e.